The SMILES string of the molecule is O=C(COc1ccc(Br)cc1Br)NC(=S)Nc1cc(Cl)cc(Cl)c1. The summed E-state index contributed by atoms with van der Waals surface area (Å²) in [6, 6.07) is 10.3. The number of carbonyl (C=O) groups excluding carboxylic acids is 1. The van der Waals surface area contributed by atoms with E-state index in [1.165, 1.54) is 0 Å². The zero-order valence-corrected chi connectivity index (χ0v) is 17.4. The Morgan fingerprint density at radius 2 is 1.79 bits per heavy atom. The molecule has 0 bridgehead atoms. The van der Waals surface area contributed by atoms with Gasteiger partial charge in [0, 0.05) is 20.2 Å². The van der Waals surface area contributed by atoms with Crippen LogP contribution in [-0.4, -0.2) is 17.6 Å². The molecule has 2 aromatic carbocycles. The summed E-state index contributed by atoms with van der Waals surface area (Å²) >= 11 is 23.6. The second-order valence-corrected chi connectivity index (χ2v) is 7.57. The average molecular weight is 513 g/mol. The Hall–Kier alpha value is -0.860. The third-order valence-corrected chi connectivity index (χ3v) is 4.38. The number of rotatable bonds is 4. The van der Waals surface area contributed by atoms with Gasteiger partial charge in [-0.1, -0.05) is 39.1 Å². The van der Waals surface area contributed by atoms with Crippen molar-refractivity contribution in [2.45, 2.75) is 0 Å². The summed E-state index contributed by atoms with van der Waals surface area (Å²) in [5.74, 6) is 0.157. The number of hydrogen-bond acceptors (Lipinski definition) is 3. The Morgan fingerprint density at radius 3 is 2.42 bits per heavy atom. The Kier molecular flexibility index (Phi) is 7.31. The molecule has 9 heteroatoms. The molecule has 0 radical (unpaired) electrons. The van der Waals surface area contributed by atoms with Crippen LogP contribution in [0, 0.1) is 0 Å². The van der Waals surface area contributed by atoms with Crippen molar-refractivity contribution in [2.75, 3.05) is 11.9 Å². The Bertz CT molecular complexity index is 770. The molecule has 2 aromatic rings. The molecule has 0 aliphatic rings. The molecule has 126 valence electrons. The Labute approximate surface area is 171 Å². The van der Waals surface area contributed by atoms with Crippen LogP contribution in [0.4, 0.5) is 5.69 Å². The lowest BCUT2D eigenvalue weighted by molar-refractivity contribution is -0.121. The van der Waals surface area contributed by atoms with Gasteiger partial charge in [0.2, 0.25) is 0 Å². The van der Waals surface area contributed by atoms with Gasteiger partial charge in [0.1, 0.15) is 5.75 Å². The number of halogens is 4. The molecular formula is C15H10Br2Cl2N2O2S. The lowest BCUT2D eigenvalue weighted by Crippen LogP contribution is -2.37. The van der Waals surface area contributed by atoms with Crippen LogP contribution in [0.25, 0.3) is 0 Å². The van der Waals surface area contributed by atoms with Gasteiger partial charge in [-0.3, -0.25) is 10.1 Å². The van der Waals surface area contributed by atoms with Gasteiger partial charge < -0.3 is 10.1 Å². The van der Waals surface area contributed by atoms with Crippen LogP contribution in [0.2, 0.25) is 10.0 Å². The van der Waals surface area contributed by atoms with Crippen molar-refractivity contribution < 1.29 is 9.53 Å². The number of anilines is 1. The third-order valence-electron chi connectivity index (χ3n) is 2.63. The van der Waals surface area contributed by atoms with Crippen molar-refractivity contribution in [3.63, 3.8) is 0 Å². The van der Waals surface area contributed by atoms with Gasteiger partial charge in [-0.05, 0) is 64.5 Å². The molecule has 24 heavy (non-hydrogen) atoms. The Balaban J connectivity index is 1.86. The maximum absolute atomic E-state index is 11.9. The minimum absolute atomic E-state index is 0.122. The fraction of sp³-hybridized carbons (Fsp3) is 0.0667. The van der Waals surface area contributed by atoms with E-state index in [0.29, 0.717) is 21.5 Å². The summed E-state index contributed by atoms with van der Waals surface area (Å²) in [5, 5.41) is 6.39. The molecule has 0 saturated heterocycles. The first-order valence-electron chi connectivity index (χ1n) is 6.48. The normalized spacial score (nSPS) is 10.2. The van der Waals surface area contributed by atoms with E-state index in [9.17, 15) is 4.79 Å². The number of carbonyl (C=O) groups is 1. The van der Waals surface area contributed by atoms with Gasteiger partial charge in [0.25, 0.3) is 5.91 Å². The van der Waals surface area contributed by atoms with Crippen molar-refractivity contribution in [1.29, 1.82) is 0 Å². The summed E-state index contributed by atoms with van der Waals surface area (Å²) in [5.41, 5.74) is 0.578. The van der Waals surface area contributed by atoms with Crippen LogP contribution in [-0.2, 0) is 4.79 Å². The first-order valence-corrected chi connectivity index (χ1v) is 9.23. The van der Waals surface area contributed by atoms with E-state index in [1.54, 1.807) is 24.3 Å². The maximum Gasteiger partial charge on any atom is 0.264 e. The summed E-state index contributed by atoms with van der Waals surface area (Å²) in [4.78, 5) is 11.9. The lowest BCUT2D eigenvalue weighted by atomic mass is 10.3. The number of hydrogen-bond donors (Lipinski definition) is 2. The van der Waals surface area contributed by atoms with Crippen molar-refractivity contribution in [3.05, 3.63) is 55.4 Å². The molecule has 2 N–H and O–H groups in total. The highest BCUT2D eigenvalue weighted by Gasteiger charge is 2.09. The van der Waals surface area contributed by atoms with Crippen molar-refractivity contribution in [1.82, 2.24) is 5.32 Å². The number of nitrogens with one attached hydrogen (secondary N) is 2. The average Bonchev–Trinajstić information content (AvgIpc) is 2.44. The molecule has 0 aromatic heterocycles. The summed E-state index contributed by atoms with van der Waals surface area (Å²) in [6.07, 6.45) is 0. The van der Waals surface area contributed by atoms with E-state index < -0.39 is 5.91 Å². The topological polar surface area (TPSA) is 50.4 Å². The van der Waals surface area contributed by atoms with Gasteiger partial charge >= 0.3 is 0 Å². The molecule has 0 fully saturated rings. The number of benzene rings is 2. The molecule has 0 spiro atoms. The van der Waals surface area contributed by atoms with Gasteiger partial charge in [0.15, 0.2) is 11.7 Å². The van der Waals surface area contributed by atoms with Crippen LogP contribution in [0.15, 0.2) is 45.3 Å². The molecule has 0 unspecified atom stereocenters. The fourth-order valence-corrected chi connectivity index (χ4v) is 3.61. The van der Waals surface area contributed by atoms with Crippen LogP contribution in [0.1, 0.15) is 0 Å². The minimum atomic E-state index is -0.393. The van der Waals surface area contributed by atoms with Crippen LogP contribution >= 0.6 is 67.3 Å². The van der Waals surface area contributed by atoms with Gasteiger partial charge in [-0.2, -0.15) is 0 Å². The highest BCUT2D eigenvalue weighted by molar-refractivity contribution is 9.11. The maximum atomic E-state index is 11.9. The van der Waals surface area contributed by atoms with Crippen molar-refractivity contribution in [3.8, 4) is 5.75 Å². The largest absolute Gasteiger partial charge is 0.483 e. The second kappa shape index (κ2) is 9.01. The molecular weight excluding hydrogens is 503 g/mol. The van der Waals surface area contributed by atoms with E-state index in [0.717, 1.165) is 8.95 Å². The smallest absolute Gasteiger partial charge is 0.264 e. The monoisotopic (exact) mass is 510 g/mol. The van der Waals surface area contributed by atoms with E-state index in [-0.39, 0.29) is 11.7 Å². The number of thiocarbonyl (C=S) groups is 1. The predicted octanol–water partition coefficient (Wildman–Crippen LogP) is 5.41. The molecule has 0 saturated carbocycles. The predicted molar refractivity (Wildman–Crippen MR) is 108 cm³/mol. The van der Waals surface area contributed by atoms with Crippen molar-refractivity contribution >= 4 is 84.0 Å². The third kappa shape index (κ3) is 6.22. The minimum Gasteiger partial charge on any atom is -0.483 e. The van der Waals surface area contributed by atoms with Gasteiger partial charge in [-0.25, -0.2) is 0 Å². The Morgan fingerprint density at radius 1 is 1.12 bits per heavy atom. The molecule has 0 aliphatic carbocycles. The zero-order chi connectivity index (χ0) is 17.7. The van der Waals surface area contributed by atoms with Crippen LogP contribution in [0.5, 0.6) is 5.75 Å². The van der Waals surface area contributed by atoms with Gasteiger partial charge in [0.05, 0.1) is 4.47 Å². The van der Waals surface area contributed by atoms with E-state index >= 15 is 0 Å². The summed E-state index contributed by atoms with van der Waals surface area (Å²) < 4.78 is 7.07. The summed E-state index contributed by atoms with van der Waals surface area (Å²) in [7, 11) is 0. The van der Waals surface area contributed by atoms with E-state index in [2.05, 4.69) is 42.5 Å². The zero-order valence-electron chi connectivity index (χ0n) is 11.9. The molecule has 0 aliphatic heterocycles. The van der Waals surface area contributed by atoms with E-state index in [1.807, 2.05) is 12.1 Å². The highest BCUT2D eigenvalue weighted by Crippen LogP contribution is 2.28. The molecule has 0 heterocycles. The fourth-order valence-electron chi connectivity index (χ4n) is 1.69. The molecule has 0 atom stereocenters. The van der Waals surface area contributed by atoms with E-state index in [4.69, 9.17) is 40.2 Å². The van der Waals surface area contributed by atoms with Gasteiger partial charge in [-0.15, -0.1) is 0 Å². The molecule has 1 amide bonds. The van der Waals surface area contributed by atoms with Crippen molar-refractivity contribution in [2.24, 2.45) is 0 Å². The number of amides is 1. The molecule has 2 rings (SSSR count). The van der Waals surface area contributed by atoms with Crippen LogP contribution < -0.4 is 15.4 Å². The molecule has 4 nitrogen and oxygen atoms in total. The summed E-state index contributed by atoms with van der Waals surface area (Å²) in [6.45, 7) is -0.182. The first-order chi connectivity index (χ1) is 11.3. The van der Waals surface area contributed by atoms with Crippen LogP contribution in [0.3, 0.4) is 0 Å². The highest BCUT2D eigenvalue weighted by atomic mass is 79.9. The lowest BCUT2D eigenvalue weighted by Gasteiger charge is -2.11. The number of ether oxygens (including phenoxy) is 1. The standard InChI is InChI=1S/C15H10Br2Cl2N2O2S/c16-8-1-2-13(12(17)3-8)23-7-14(22)21-15(24)20-11-5-9(18)4-10(19)6-11/h1-6H,7H2,(H2,20,21,22,24). The second-order valence-electron chi connectivity index (χ2n) is 4.52. The first kappa shape index (κ1) is 19.5. The quantitative estimate of drug-likeness (QED) is 0.538.